The van der Waals surface area contributed by atoms with E-state index in [0.717, 1.165) is 11.4 Å². The van der Waals surface area contributed by atoms with E-state index in [2.05, 4.69) is 32.4 Å². The summed E-state index contributed by atoms with van der Waals surface area (Å²) in [5, 5.41) is 13.3. The molecule has 0 saturated heterocycles. The Morgan fingerprint density at radius 3 is 2.90 bits per heavy atom. The average molecular weight is 321 g/mol. The minimum absolute atomic E-state index is 0.0679. The summed E-state index contributed by atoms with van der Waals surface area (Å²) in [4.78, 5) is 16.5. The number of amides is 2. The van der Waals surface area contributed by atoms with Gasteiger partial charge in [0.1, 0.15) is 5.01 Å². The first kappa shape index (κ1) is 14.5. The van der Waals surface area contributed by atoms with Crippen molar-refractivity contribution in [1.29, 1.82) is 0 Å². The number of nitrogens with one attached hydrogen (secondary N) is 2. The van der Waals surface area contributed by atoms with Crippen molar-refractivity contribution in [3.05, 3.63) is 39.0 Å². The minimum atomic E-state index is -0.0928. The maximum Gasteiger partial charge on any atom is 0.315 e. The Labute approximate surface area is 132 Å². The van der Waals surface area contributed by atoms with E-state index < -0.39 is 0 Å². The molecule has 0 bridgehead atoms. The third kappa shape index (κ3) is 4.04. The molecule has 0 aliphatic heterocycles. The summed E-state index contributed by atoms with van der Waals surface area (Å²) in [6.07, 6.45) is 5.01. The average Bonchev–Trinajstić information content (AvgIpc) is 2.92. The monoisotopic (exact) mass is 321 g/mol. The highest BCUT2D eigenvalue weighted by molar-refractivity contribution is 7.09. The van der Waals surface area contributed by atoms with Crippen LogP contribution in [-0.2, 0) is 6.42 Å². The van der Waals surface area contributed by atoms with Crippen molar-refractivity contribution in [3.63, 3.8) is 0 Å². The standard InChI is InChI=1S/C15H19N3OS2/c1-10(8-11-4-6-20-9-11)17-15(19)18-13(12-2-3-12)14-16-5-7-21-14/h4-7,9-10,12-13H,2-3,8H2,1H3,(H2,17,18,19)/t10-,13-/m1/s1. The first-order chi connectivity index (χ1) is 10.2. The van der Waals surface area contributed by atoms with Crippen molar-refractivity contribution in [3.8, 4) is 0 Å². The first-order valence-electron chi connectivity index (χ1n) is 7.20. The molecule has 0 unspecified atom stereocenters. The zero-order chi connectivity index (χ0) is 14.7. The lowest BCUT2D eigenvalue weighted by atomic mass is 10.1. The Hall–Kier alpha value is -1.40. The van der Waals surface area contributed by atoms with E-state index in [9.17, 15) is 4.79 Å². The van der Waals surface area contributed by atoms with E-state index in [1.807, 2.05) is 12.3 Å². The van der Waals surface area contributed by atoms with Crippen LogP contribution in [0.4, 0.5) is 4.79 Å². The van der Waals surface area contributed by atoms with Crippen molar-refractivity contribution in [2.24, 2.45) is 5.92 Å². The van der Waals surface area contributed by atoms with Gasteiger partial charge in [0.2, 0.25) is 0 Å². The molecule has 2 aromatic rings. The van der Waals surface area contributed by atoms with Gasteiger partial charge in [-0.1, -0.05) is 0 Å². The largest absolute Gasteiger partial charge is 0.335 e. The number of carbonyl (C=O) groups is 1. The van der Waals surface area contributed by atoms with E-state index in [0.29, 0.717) is 5.92 Å². The van der Waals surface area contributed by atoms with Gasteiger partial charge in [-0.25, -0.2) is 9.78 Å². The molecular weight excluding hydrogens is 302 g/mol. The van der Waals surface area contributed by atoms with E-state index >= 15 is 0 Å². The summed E-state index contributed by atoms with van der Waals surface area (Å²) in [6, 6.07) is 2.20. The van der Waals surface area contributed by atoms with Crippen molar-refractivity contribution < 1.29 is 4.79 Å². The van der Waals surface area contributed by atoms with Crippen molar-refractivity contribution >= 4 is 28.7 Å². The highest BCUT2D eigenvalue weighted by Gasteiger charge is 2.35. The Morgan fingerprint density at radius 1 is 1.43 bits per heavy atom. The number of aromatic nitrogens is 1. The smallest absolute Gasteiger partial charge is 0.315 e. The fourth-order valence-corrected chi connectivity index (χ4v) is 3.88. The van der Waals surface area contributed by atoms with Gasteiger partial charge in [0, 0.05) is 17.6 Å². The van der Waals surface area contributed by atoms with Gasteiger partial charge >= 0.3 is 6.03 Å². The zero-order valence-electron chi connectivity index (χ0n) is 11.9. The number of nitrogens with zero attached hydrogens (tertiary/aromatic N) is 1. The molecule has 2 atom stereocenters. The van der Waals surface area contributed by atoms with Gasteiger partial charge in [0.05, 0.1) is 6.04 Å². The van der Waals surface area contributed by atoms with Gasteiger partial charge in [0.15, 0.2) is 0 Å². The molecule has 6 heteroatoms. The van der Waals surface area contributed by atoms with Crippen LogP contribution in [0.5, 0.6) is 0 Å². The molecule has 2 aromatic heterocycles. The van der Waals surface area contributed by atoms with Crippen molar-refractivity contribution in [2.45, 2.75) is 38.3 Å². The summed E-state index contributed by atoms with van der Waals surface area (Å²) < 4.78 is 0. The van der Waals surface area contributed by atoms with Gasteiger partial charge in [-0.15, -0.1) is 11.3 Å². The molecular formula is C15H19N3OS2. The Balaban J connectivity index is 1.52. The molecule has 112 valence electrons. The van der Waals surface area contributed by atoms with Crippen LogP contribution in [0, 0.1) is 5.92 Å². The predicted octanol–water partition coefficient (Wildman–Crippen LogP) is 3.59. The lowest BCUT2D eigenvalue weighted by Crippen LogP contribution is -2.43. The van der Waals surface area contributed by atoms with E-state index in [1.54, 1.807) is 28.9 Å². The number of rotatable bonds is 6. The van der Waals surface area contributed by atoms with Gasteiger partial charge < -0.3 is 10.6 Å². The SMILES string of the molecule is C[C@H](Cc1ccsc1)NC(=O)N[C@@H](c1nccs1)C1CC1. The second-order valence-electron chi connectivity index (χ2n) is 5.54. The topological polar surface area (TPSA) is 54.0 Å². The normalized spacial score (nSPS) is 17.2. The quantitative estimate of drug-likeness (QED) is 0.854. The van der Waals surface area contributed by atoms with Gasteiger partial charge in [-0.3, -0.25) is 0 Å². The highest BCUT2D eigenvalue weighted by atomic mass is 32.1. The van der Waals surface area contributed by atoms with Crippen LogP contribution in [0.1, 0.15) is 36.4 Å². The third-order valence-electron chi connectivity index (χ3n) is 3.60. The molecule has 0 radical (unpaired) electrons. The summed E-state index contributed by atoms with van der Waals surface area (Å²) in [5.74, 6) is 0.550. The van der Waals surface area contributed by atoms with Crippen LogP contribution in [0.15, 0.2) is 28.4 Å². The van der Waals surface area contributed by atoms with Gasteiger partial charge in [-0.05, 0) is 54.5 Å². The van der Waals surface area contributed by atoms with E-state index in [1.165, 1.54) is 18.4 Å². The molecule has 1 saturated carbocycles. The van der Waals surface area contributed by atoms with E-state index in [4.69, 9.17) is 0 Å². The van der Waals surface area contributed by atoms with Crippen LogP contribution in [-0.4, -0.2) is 17.1 Å². The zero-order valence-corrected chi connectivity index (χ0v) is 13.5. The van der Waals surface area contributed by atoms with Crippen LogP contribution in [0.2, 0.25) is 0 Å². The fraction of sp³-hybridized carbons (Fsp3) is 0.467. The number of carbonyl (C=O) groups excluding carboxylic acids is 1. The number of hydrogen-bond acceptors (Lipinski definition) is 4. The summed E-state index contributed by atoms with van der Waals surface area (Å²) in [7, 11) is 0. The molecule has 3 rings (SSSR count). The lowest BCUT2D eigenvalue weighted by molar-refractivity contribution is 0.232. The molecule has 0 spiro atoms. The number of urea groups is 1. The number of thiophene rings is 1. The maximum atomic E-state index is 12.2. The highest BCUT2D eigenvalue weighted by Crippen LogP contribution is 2.41. The predicted molar refractivity (Wildman–Crippen MR) is 86.7 cm³/mol. The molecule has 0 aromatic carbocycles. The fourth-order valence-electron chi connectivity index (χ4n) is 2.42. The lowest BCUT2D eigenvalue weighted by Gasteiger charge is -2.19. The Kier molecular flexibility index (Phi) is 4.55. The first-order valence-corrected chi connectivity index (χ1v) is 9.02. The number of thiazole rings is 1. The molecule has 1 aliphatic carbocycles. The van der Waals surface area contributed by atoms with Crippen LogP contribution >= 0.6 is 22.7 Å². The van der Waals surface area contributed by atoms with Crippen LogP contribution < -0.4 is 10.6 Å². The van der Waals surface area contributed by atoms with Crippen LogP contribution in [0.25, 0.3) is 0 Å². The maximum absolute atomic E-state index is 12.2. The van der Waals surface area contributed by atoms with Gasteiger partial charge in [0.25, 0.3) is 0 Å². The Morgan fingerprint density at radius 2 is 2.29 bits per heavy atom. The van der Waals surface area contributed by atoms with Crippen LogP contribution in [0.3, 0.4) is 0 Å². The van der Waals surface area contributed by atoms with Crippen molar-refractivity contribution in [2.75, 3.05) is 0 Å². The molecule has 2 amide bonds. The molecule has 1 fully saturated rings. The summed E-state index contributed by atoms with van der Waals surface area (Å²) in [6.45, 7) is 2.03. The molecule has 2 N–H and O–H groups in total. The second-order valence-corrected chi connectivity index (χ2v) is 7.25. The summed E-state index contributed by atoms with van der Waals surface area (Å²) >= 11 is 3.30. The Bertz CT molecular complexity index is 564. The summed E-state index contributed by atoms with van der Waals surface area (Å²) in [5.41, 5.74) is 1.27. The molecule has 21 heavy (non-hydrogen) atoms. The van der Waals surface area contributed by atoms with Crippen molar-refractivity contribution in [1.82, 2.24) is 15.6 Å². The molecule has 1 aliphatic rings. The van der Waals surface area contributed by atoms with Gasteiger partial charge in [-0.2, -0.15) is 11.3 Å². The molecule has 4 nitrogen and oxygen atoms in total. The third-order valence-corrected chi connectivity index (χ3v) is 5.19. The van der Waals surface area contributed by atoms with E-state index in [-0.39, 0.29) is 18.1 Å². The molecule has 2 heterocycles. The minimum Gasteiger partial charge on any atom is -0.335 e. The number of hydrogen-bond donors (Lipinski definition) is 2. The second kappa shape index (κ2) is 6.58.